The van der Waals surface area contributed by atoms with Gasteiger partial charge in [-0.2, -0.15) is 0 Å². The maximum atomic E-state index is 11.1. The van der Waals surface area contributed by atoms with Gasteiger partial charge in [-0.05, 0) is 36.5 Å². The molecule has 0 saturated carbocycles. The highest BCUT2D eigenvalue weighted by Gasteiger charge is 1.98. The molecule has 22 heavy (non-hydrogen) atoms. The first-order chi connectivity index (χ1) is 10.7. The molecule has 0 unspecified atom stereocenters. The van der Waals surface area contributed by atoms with Crippen LogP contribution in [0.1, 0.15) is 39.5 Å². The lowest BCUT2D eigenvalue weighted by atomic mass is 10.3. The Balaban J connectivity index is 3.62. The van der Waals surface area contributed by atoms with Crippen LogP contribution >= 0.6 is 0 Å². The van der Waals surface area contributed by atoms with E-state index in [1.165, 1.54) is 0 Å². The number of ether oxygens (including phenoxy) is 2. The molecule has 0 aromatic heterocycles. The average Bonchev–Trinajstić information content (AvgIpc) is 2.50. The molecule has 0 atom stereocenters. The van der Waals surface area contributed by atoms with E-state index in [0.29, 0.717) is 13.1 Å². The van der Waals surface area contributed by atoms with E-state index in [0.717, 1.165) is 25.7 Å². The fourth-order valence-corrected chi connectivity index (χ4v) is 1.20. The molecule has 0 rings (SSSR count). The highest BCUT2D eigenvalue weighted by molar-refractivity contribution is 5.67. The van der Waals surface area contributed by atoms with Gasteiger partial charge in [0.2, 0.25) is 0 Å². The zero-order valence-corrected chi connectivity index (χ0v) is 13.3. The number of hydrogen-bond donors (Lipinski definition) is 2. The fourth-order valence-electron chi connectivity index (χ4n) is 1.20. The fraction of sp³-hybridized carbons (Fsp3) is 0.625. The summed E-state index contributed by atoms with van der Waals surface area (Å²) < 4.78 is 9.60. The molecule has 0 saturated heterocycles. The molecule has 2 N–H and O–H groups in total. The van der Waals surface area contributed by atoms with E-state index in [1.807, 2.05) is 13.8 Å². The van der Waals surface area contributed by atoms with E-state index in [9.17, 15) is 9.59 Å². The van der Waals surface area contributed by atoms with Crippen LogP contribution < -0.4 is 10.6 Å². The summed E-state index contributed by atoms with van der Waals surface area (Å²) in [5, 5.41) is 5.20. The predicted octanol–water partition coefficient (Wildman–Crippen LogP) is 2.05. The van der Waals surface area contributed by atoms with Gasteiger partial charge in [0.05, 0.1) is 0 Å². The number of carbonyl (C=O) groups excluding carboxylic acids is 2. The van der Waals surface area contributed by atoms with Crippen molar-refractivity contribution in [2.75, 3.05) is 26.3 Å². The summed E-state index contributed by atoms with van der Waals surface area (Å²) in [5.74, 6) is 10.2. The molecule has 0 aliphatic rings. The summed E-state index contributed by atoms with van der Waals surface area (Å²) in [6.07, 6.45) is 2.88. The van der Waals surface area contributed by atoms with E-state index < -0.39 is 12.2 Å². The van der Waals surface area contributed by atoms with Crippen LogP contribution in [0.25, 0.3) is 0 Å². The van der Waals surface area contributed by atoms with Crippen molar-refractivity contribution in [2.45, 2.75) is 39.5 Å². The molecule has 0 aromatic carbocycles. The van der Waals surface area contributed by atoms with Gasteiger partial charge in [-0.3, -0.25) is 0 Å². The molecule has 0 fully saturated rings. The third kappa shape index (κ3) is 14.1. The van der Waals surface area contributed by atoms with Crippen LogP contribution in [0.5, 0.6) is 0 Å². The maximum absolute atomic E-state index is 11.1. The van der Waals surface area contributed by atoms with Crippen molar-refractivity contribution in [2.24, 2.45) is 0 Å². The van der Waals surface area contributed by atoms with E-state index in [-0.39, 0.29) is 13.2 Å². The molecule has 0 aliphatic carbocycles. The number of hydrogen-bond acceptors (Lipinski definition) is 4. The smallest absolute Gasteiger partial charge is 0.408 e. The minimum absolute atomic E-state index is 0.0228. The quantitative estimate of drug-likeness (QED) is 0.531. The Morgan fingerprint density at radius 1 is 0.818 bits per heavy atom. The zero-order chi connectivity index (χ0) is 16.5. The Bertz CT molecular complexity index is 399. The molecule has 6 nitrogen and oxygen atoms in total. The van der Waals surface area contributed by atoms with Gasteiger partial charge < -0.3 is 20.1 Å². The second-order valence-electron chi connectivity index (χ2n) is 4.32. The van der Waals surface area contributed by atoms with Crippen LogP contribution in [0, 0.1) is 23.7 Å². The van der Waals surface area contributed by atoms with Gasteiger partial charge in [0.15, 0.2) is 13.2 Å². The van der Waals surface area contributed by atoms with E-state index in [2.05, 4.69) is 34.3 Å². The summed E-state index contributed by atoms with van der Waals surface area (Å²) in [6.45, 7) is 5.22. The van der Waals surface area contributed by atoms with Crippen LogP contribution in [0.3, 0.4) is 0 Å². The Morgan fingerprint density at radius 2 is 1.23 bits per heavy atom. The highest BCUT2D eigenvalue weighted by atomic mass is 16.6. The van der Waals surface area contributed by atoms with E-state index >= 15 is 0 Å². The Labute approximate surface area is 132 Å². The van der Waals surface area contributed by atoms with Gasteiger partial charge in [0.1, 0.15) is 0 Å². The molecule has 0 aliphatic heterocycles. The lowest BCUT2D eigenvalue weighted by Gasteiger charge is -2.02. The number of rotatable bonds is 8. The van der Waals surface area contributed by atoms with Crippen molar-refractivity contribution in [3.8, 4) is 23.7 Å². The highest BCUT2D eigenvalue weighted by Crippen LogP contribution is 1.84. The summed E-state index contributed by atoms with van der Waals surface area (Å²) in [7, 11) is 0. The minimum atomic E-state index is -0.484. The normalized spacial score (nSPS) is 8.64. The third-order valence-electron chi connectivity index (χ3n) is 2.39. The molecule has 0 aromatic rings. The van der Waals surface area contributed by atoms with Gasteiger partial charge in [0, 0.05) is 13.1 Å². The first-order valence-electron chi connectivity index (χ1n) is 7.47. The molecule has 0 radical (unpaired) electrons. The van der Waals surface area contributed by atoms with Crippen LogP contribution in [-0.2, 0) is 9.47 Å². The topological polar surface area (TPSA) is 76.7 Å². The molecule has 2 amide bonds. The second kappa shape index (κ2) is 15.1. The largest absolute Gasteiger partial charge is 0.436 e. The van der Waals surface area contributed by atoms with Crippen molar-refractivity contribution in [3.05, 3.63) is 0 Å². The summed E-state index contributed by atoms with van der Waals surface area (Å²) in [5.41, 5.74) is 0. The molecule has 0 bridgehead atoms. The van der Waals surface area contributed by atoms with Crippen molar-refractivity contribution < 1.29 is 19.1 Å². The van der Waals surface area contributed by atoms with Gasteiger partial charge in [-0.1, -0.05) is 26.7 Å². The van der Waals surface area contributed by atoms with Crippen LogP contribution in [0.4, 0.5) is 9.59 Å². The Kier molecular flexibility index (Phi) is 13.5. The van der Waals surface area contributed by atoms with Crippen molar-refractivity contribution in [1.82, 2.24) is 10.6 Å². The SMILES string of the molecule is CCCCNC(=O)OCC#CC#CCOC(=O)NCCCC. The van der Waals surface area contributed by atoms with Crippen molar-refractivity contribution >= 4 is 12.2 Å². The summed E-state index contributed by atoms with van der Waals surface area (Å²) in [6, 6.07) is 0. The van der Waals surface area contributed by atoms with Crippen LogP contribution in [-0.4, -0.2) is 38.5 Å². The lowest BCUT2D eigenvalue weighted by molar-refractivity contribution is 0.159. The third-order valence-corrected chi connectivity index (χ3v) is 2.39. The van der Waals surface area contributed by atoms with E-state index in [4.69, 9.17) is 9.47 Å². The summed E-state index contributed by atoms with van der Waals surface area (Å²) in [4.78, 5) is 22.3. The van der Waals surface area contributed by atoms with Gasteiger partial charge in [-0.15, -0.1) is 0 Å². The Morgan fingerprint density at radius 3 is 1.59 bits per heavy atom. The number of nitrogens with one attached hydrogen (secondary N) is 2. The van der Waals surface area contributed by atoms with E-state index in [1.54, 1.807) is 0 Å². The number of unbranched alkanes of at least 4 members (excludes halogenated alkanes) is 2. The molecule has 0 spiro atoms. The first kappa shape index (κ1) is 19.7. The summed E-state index contributed by atoms with van der Waals surface area (Å²) >= 11 is 0. The van der Waals surface area contributed by atoms with Crippen LogP contribution in [0.2, 0.25) is 0 Å². The molecule has 0 heterocycles. The molecule has 122 valence electrons. The zero-order valence-electron chi connectivity index (χ0n) is 13.3. The Hall–Kier alpha value is -2.34. The first-order valence-corrected chi connectivity index (χ1v) is 7.47. The number of carbonyl (C=O) groups is 2. The second-order valence-corrected chi connectivity index (χ2v) is 4.32. The number of amides is 2. The van der Waals surface area contributed by atoms with Crippen molar-refractivity contribution in [1.29, 1.82) is 0 Å². The molecule has 6 heteroatoms. The monoisotopic (exact) mass is 308 g/mol. The van der Waals surface area contributed by atoms with Crippen molar-refractivity contribution in [3.63, 3.8) is 0 Å². The average molecular weight is 308 g/mol. The lowest BCUT2D eigenvalue weighted by Crippen LogP contribution is -2.25. The minimum Gasteiger partial charge on any atom is -0.436 e. The number of alkyl carbamates (subject to hydrolysis) is 2. The van der Waals surface area contributed by atoms with Gasteiger partial charge >= 0.3 is 12.2 Å². The maximum Gasteiger partial charge on any atom is 0.408 e. The van der Waals surface area contributed by atoms with Gasteiger partial charge in [0.25, 0.3) is 0 Å². The van der Waals surface area contributed by atoms with Gasteiger partial charge in [-0.25, -0.2) is 9.59 Å². The van der Waals surface area contributed by atoms with Crippen LogP contribution in [0.15, 0.2) is 0 Å². The predicted molar refractivity (Wildman–Crippen MR) is 84.1 cm³/mol. The molecular weight excluding hydrogens is 284 g/mol. The standard InChI is InChI=1S/C16H24N2O4/c1-3-5-11-17-15(19)21-13-9-7-8-10-14-22-16(20)18-12-6-4-2/h3-6,11-14H2,1-2H3,(H,17,19)(H,18,20). The molecular formula is C16H24N2O4.